The van der Waals surface area contributed by atoms with Crippen LogP contribution in [0.5, 0.6) is 0 Å². The van der Waals surface area contributed by atoms with Crippen LogP contribution in [-0.2, 0) is 14.8 Å². The lowest BCUT2D eigenvalue weighted by atomic mass is 10.2. The maximum atomic E-state index is 13.2. The standard InChI is InChI=1S/C11H11BrFNO4S/c1-7(12)6-14-19(16,17)10-5-8(13)3-4-9(10)11(15)18-2/h3-5,14H,1,6H2,2H3. The van der Waals surface area contributed by atoms with Gasteiger partial charge in [-0.1, -0.05) is 22.5 Å². The van der Waals surface area contributed by atoms with Gasteiger partial charge in [-0.15, -0.1) is 0 Å². The van der Waals surface area contributed by atoms with Crippen molar-refractivity contribution in [2.24, 2.45) is 0 Å². The number of rotatable bonds is 5. The average Bonchev–Trinajstić information content (AvgIpc) is 2.35. The molecule has 8 heteroatoms. The molecule has 0 aliphatic rings. The van der Waals surface area contributed by atoms with Crippen molar-refractivity contribution in [2.45, 2.75) is 4.90 Å². The normalized spacial score (nSPS) is 11.1. The molecular formula is C11H11BrFNO4S. The third-order valence-corrected chi connectivity index (χ3v) is 3.81. The zero-order valence-corrected chi connectivity index (χ0v) is 12.3. The second kappa shape index (κ2) is 6.27. The first-order valence-corrected chi connectivity index (χ1v) is 7.26. The number of hydrogen-bond donors (Lipinski definition) is 1. The largest absolute Gasteiger partial charge is 0.465 e. The summed E-state index contributed by atoms with van der Waals surface area (Å²) >= 11 is 2.99. The number of halogens is 2. The molecule has 0 fully saturated rings. The molecule has 5 nitrogen and oxygen atoms in total. The van der Waals surface area contributed by atoms with Crippen LogP contribution in [0.1, 0.15) is 10.4 Å². The van der Waals surface area contributed by atoms with Gasteiger partial charge in [0, 0.05) is 11.0 Å². The van der Waals surface area contributed by atoms with Crippen molar-refractivity contribution < 1.29 is 22.3 Å². The number of hydrogen-bond acceptors (Lipinski definition) is 4. The van der Waals surface area contributed by atoms with Crippen LogP contribution in [0.15, 0.2) is 34.2 Å². The monoisotopic (exact) mass is 351 g/mol. The third kappa shape index (κ3) is 4.12. The second-order valence-corrected chi connectivity index (χ2v) is 6.33. The van der Waals surface area contributed by atoms with Gasteiger partial charge in [-0.25, -0.2) is 22.3 Å². The van der Waals surface area contributed by atoms with Gasteiger partial charge in [-0.05, 0) is 18.2 Å². The highest BCUT2D eigenvalue weighted by Crippen LogP contribution is 2.18. The van der Waals surface area contributed by atoms with Crippen molar-refractivity contribution in [3.05, 3.63) is 40.6 Å². The van der Waals surface area contributed by atoms with Gasteiger partial charge in [0.2, 0.25) is 10.0 Å². The van der Waals surface area contributed by atoms with Crippen molar-refractivity contribution in [1.29, 1.82) is 0 Å². The lowest BCUT2D eigenvalue weighted by Gasteiger charge is -2.10. The Balaban J connectivity index is 3.27. The number of esters is 1. The summed E-state index contributed by atoms with van der Waals surface area (Å²) in [7, 11) is -2.94. The van der Waals surface area contributed by atoms with Crippen LogP contribution in [0, 0.1) is 5.82 Å². The van der Waals surface area contributed by atoms with E-state index in [1.165, 1.54) is 0 Å². The van der Waals surface area contributed by atoms with Gasteiger partial charge in [-0.2, -0.15) is 0 Å². The van der Waals surface area contributed by atoms with Gasteiger partial charge in [0.25, 0.3) is 0 Å². The second-order valence-electron chi connectivity index (χ2n) is 3.47. The minimum atomic E-state index is -4.05. The summed E-state index contributed by atoms with van der Waals surface area (Å²) in [5.41, 5.74) is -0.239. The van der Waals surface area contributed by atoms with Crippen molar-refractivity contribution in [3.63, 3.8) is 0 Å². The molecule has 1 rings (SSSR count). The summed E-state index contributed by atoms with van der Waals surface area (Å²) < 4.78 is 44.2. The highest BCUT2D eigenvalue weighted by molar-refractivity contribution is 9.11. The van der Waals surface area contributed by atoms with Crippen molar-refractivity contribution >= 4 is 31.9 Å². The molecule has 0 saturated carbocycles. The molecule has 0 aromatic heterocycles. The molecule has 0 atom stereocenters. The topological polar surface area (TPSA) is 72.5 Å². The zero-order valence-electron chi connectivity index (χ0n) is 9.94. The van der Waals surface area contributed by atoms with Crippen LogP contribution in [-0.4, -0.2) is 28.0 Å². The average molecular weight is 352 g/mol. The van der Waals surface area contributed by atoms with Gasteiger partial charge in [0.15, 0.2) is 0 Å². The minimum absolute atomic E-state index is 0.0839. The molecule has 0 saturated heterocycles. The Hall–Kier alpha value is -1.25. The zero-order chi connectivity index (χ0) is 14.6. The molecule has 19 heavy (non-hydrogen) atoms. The lowest BCUT2D eigenvalue weighted by Crippen LogP contribution is -2.27. The predicted octanol–water partition coefficient (Wildman–Crippen LogP) is 1.80. The van der Waals surface area contributed by atoms with Crippen LogP contribution in [0.2, 0.25) is 0 Å². The summed E-state index contributed by atoms with van der Waals surface area (Å²) in [6.45, 7) is 3.38. The SMILES string of the molecule is C=C(Br)CNS(=O)(=O)c1cc(F)ccc1C(=O)OC. The van der Waals surface area contributed by atoms with Crippen molar-refractivity contribution in [1.82, 2.24) is 4.72 Å². The van der Waals surface area contributed by atoms with Crippen LogP contribution >= 0.6 is 15.9 Å². The van der Waals surface area contributed by atoms with E-state index in [2.05, 4.69) is 32.0 Å². The third-order valence-electron chi connectivity index (χ3n) is 2.09. The van der Waals surface area contributed by atoms with Gasteiger partial charge < -0.3 is 4.74 Å². The fraction of sp³-hybridized carbons (Fsp3) is 0.182. The van der Waals surface area contributed by atoms with Crippen molar-refractivity contribution in [2.75, 3.05) is 13.7 Å². The number of carbonyl (C=O) groups excluding carboxylic acids is 1. The van der Waals surface area contributed by atoms with E-state index in [9.17, 15) is 17.6 Å². The molecule has 0 amide bonds. The summed E-state index contributed by atoms with van der Waals surface area (Å²) in [5.74, 6) is -1.64. The van der Waals surface area contributed by atoms with Gasteiger partial charge in [0.1, 0.15) is 5.82 Å². The molecule has 0 heterocycles. The van der Waals surface area contributed by atoms with E-state index in [0.29, 0.717) is 4.48 Å². The van der Waals surface area contributed by atoms with Crippen LogP contribution < -0.4 is 4.72 Å². The maximum Gasteiger partial charge on any atom is 0.339 e. The summed E-state index contributed by atoms with van der Waals surface area (Å²) in [4.78, 5) is 11.0. The van der Waals surface area contributed by atoms with Gasteiger partial charge in [0.05, 0.1) is 17.6 Å². The van der Waals surface area contributed by atoms with E-state index in [1.54, 1.807) is 0 Å². The summed E-state index contributed by atoms with van der Waals surface area (Å²) in [6.07, 6.45) is 0. The molecule has 0 radical (unpaired) electrons. The first kappa shape index (κ1) is 15.8. The predicted molar refractivity (Wildman–Crippen MR) is 71.0 cm³/mol. The Kier molecular flexibility index (Phi) is 5.21. The Bertz CT molecular complexity index is 615. The Morgan fingerprint density at radius 2 is 2.16 bits per heavy atom. The minimum Gasteiger partial charge on any atom is -0.465 e. The van der Waals surface area contributed by atoms with E-state index < -0.39 is 26.7 Å². The summed E-state index contributed by atoms with van der Waals surface area (Å²) in [6, 6.07) is 2.79. The van der Waals surface area contributed by atoms with Gasteiger partial charge in [-0.3, -0.25) is 0 Å². The molecular weight excluding hydrogens is 341 g/mol. The Morgan fingerprint density at radius 1 is 1.53 bits per heavy atom. The highest BCUT2D eigenvalue weighted by atomic mass is 79.9. The molecule has 0 bridgehead atoms. The number of nitrogens with one attached hydrogen (secondary N) is 1. The van der Waals surface area contributed by atoms with Crippen LogP contribution in [0.3, 0.4) is 0 Å². The highest BCUT2D eigenvalue weighted by Gasteiger charge is 2.23. The molecule has 0 spiro atoms. The first-order valence-electron chi connectivity index (χ1n) is 4.98. The van der Waals surface area contributed by atoms with E-state index >= 15 is 0 Å². The smallest absolute Gasteiger partial charge is 0.339 e. The quantitative estimate of drug-likeness (QED) is 0.821. The Morgan fingerprint density at radius 3 is 2.68 bits per heavy atom. The van der Waals surface area contributed by atoms with E-state index in [4.69, 9.17) is 0 Å². The lowest BCUT2D eigenvalue weighted by molar-refractivity contribution is 0.0596. The molecule has 1 aromatic carbocycles. The Labute approximate surface area is 118 Å². The molecule has 0 aliphatic heterocycles. The van der Waals surface area contributed by atoms with E-state index in [1.807, 2.05) is 0 Å². The maximum absolute atomic E-state index is 13.2. The van der Waals surface area contributed by atoms with E-state index in [0.717, 1.165) is 25.3 Å². The molecule has 1 N–H and O–H groups in total. The number of carbonyl (C=O) groups is 1. The molecule has 0 aliphatic carbocycles. The molecule has 1 aromatic rings. The molecule has 104 valence electrons. The molecule has 0 unspecified atom stereocenters. The number of sulfonamides is 1. The van der Waals surface area contributed by atoms with Crippen LogP contribution in [0.25, 0.3) is 0 Å². The fourth-order valence-electron chi connectivity index (χ4n) is 1.25. The van der Waals surface area contributed by atoms with E-state index in [-0.39, 0.29) is 12.1 Å². The fourth-order valence-corrected chi connectivity index (χ4v) is 2.80. The number of ether oxygens (including phenoxy) is 1. The van der Waals surface area contributed by atoms with Crippen molar-refractivity contribution in [3.8, 4) is 0 Å². The van der Waals surface area contributed by atoms with Gasteiger partial charge >= 0.3 is 5.97 Å². The van der Waals surface area contributed by atoms with Crippen LogP contribution in [0.4, 0.5) is 4.39 Å². The first-order chi connectivity index (χ1) is 8.77. The summed E-state index contributed by atoms with van der Waals surface area (Å²) in [5, 5.41) is 0. The number of benzene rings is 1. The number of methoxy groups -OCH3 is 1.